The third-order valence-electron chi connectivity index (χ3n) is 4.72. The van der Waals surface area contributed by atoms with E-state index >= 15 is 0 Å². The highest BCUT2D eigenvalue weighted by atomic mass is 15.3. The van der Waals surface area contributed by atoms with Crippen molar-refractivity contribution in [1.82, 2.24) is 19.8 Å². The van der Waals surface area contributed by atoms with Crippen LogP contribution in [0, 0.1) is 6.92 Å². The van der Waals surface area contributed by atoms with Gasteiger partial charge in [0.1, 0.15) is 5.82 Å². The Morgan fingerprint density at radius 3 is 2.94 bits per heavy atom. The quantitative estimate of drug-likeness (QED) is 0.852. The van der Waals surface area contributed by atoms with E-state index in [0.29, 0.717) is 6.04 Å². The molecular weight excluding hydrogens is 224 g/mol. The van der Waals surface area contributed by atoms with Crippen molar-refractivity contribution < 1.29 is 0 Å². The Morgan fingerprint density at radius 1 is 1.22 bits per heavy atom. The van der Waals surface area contributed by atoms with Crippen LogP contribution >= 0.6 is 0 Å². The average molecular weight is 246 g/mol. The molecule has 2 fully saturated rings. The third kappa shape index (κ3) is 1.70. The number of likely N-dealkylation sites (tertiary alicyclic amines) is 1. The molecule has 0 amide bonds. The van der Waals surface area contributed by atoms with Gasteiger partial charge in [0.25, 0.3) is 0 Å². The van der Waals surface area contributed by atoms with E-state index in [2.05, 4.69) is 21.7 Å². The van der Waals surface area contributed by atoms with Gasteiger partial charge in [-0.25, -0.2) is 4.98 Å². The van der Waals surface area contributed by atoms with Crippen LogP contribution in [0.1, 0.15) is 42.5 Å². The Bertz CT molecular complexity index is 461. The summed E-state index contributed by atoms with van der Waals surface area (Å²) >= 11 is 0. The van der Waals surface area contributed by atoms with Crippen LogP contribution in [0.4, 0.5) is 0 Å². The second kappa shape index (κ2) is 4.07. The fourth-order valence-electron chi connectivity index (χ4n) is 3.70. The highest BCUT2D eigenvalue weighted by Crippen LogP contribution is 2.35. The Balaban J connectivity index is 1.62. The minimum absolute atomic E-state index is 0.681. The number of imidazole rings is 1. The Labute approximate surface area is 108 Å². The number of hydrogen-bond donors (Lipinski definition) is 1. The molecule has 98 valence electrons. The van der Waals surface area contributed by atoms with Crippen LogP contribution < -0.4 is 5.32 Å². The lowest BCUT2D eigenvalue weighted by Gasteiger charge is -2.21. The van der Waals surface area contributed by atoms with Gasteiger partial charge in [-0.1, -0.05) is 0 Å². The normalized spacial score (nSPS) is 28.6. The zero-order valence-corrected chi connectivity index (χ0v) is 11.2. The summed E-state index contributed by atoms with van der Waals surface area (Å²) in [5.74, 6) is 1.23. The van der Waals surface area contributed by atoms with E-state index < -0.39 is 0 Å². The third-order valence-corrected chi connectivity index (χ3v) is 4.72. The van der Waals surface area contributed by atoms with Gasteiger partial charge in [-0.3, -0.25) is 4.90 Å². The van der Waals surface area contributed by atoms with Crippen LogP contribution in [-0.4, -0.2) is 40.1 Å². The van der Waals surface area contributed by atoms with Crippen molar-refractivity contribution in [2.45, 2.75) is 51.2 Å². The van der Waals surface area contributed by atoms with E-state index in [1.165, 1.54) is 49.6 Å². The fourth-order valence-corrected chi connectivity index (χ4v) is 3.70. The van der Waals surface area contributed by atoms with Gasteiger partial charge in [0.05, 0.1) is 5.69 Å². The van der Waals surface area contributed by atoms with Gasteiger partial charge < -0.3 is 9.88 Å². The number of rotatable bonds is 2. The molecule has 0 radical (unpaired) electrons. The largest absolute Gasteiger partial charge is 0.327 e. The van der Waals surface area contributed by atoms with Gasteiger partial charge in [0.15, 0.2) is 0 Å². The molecule has 1 aromatic heterocycles. The molecule has 1 saturated carbocycles. The Hall–Kier alpha value is -0.870. The minimum atomic E-state index is 0.681. The van der Waals surface area contributed by atoms with Gasteiger partial charge in [0.2, 0.25) is 0 Å². The van der Waals surface area contributed by atoms with E-state index in [-0.39, 0.29) is 0 Å². The lowest BCUT2D eigenvalue weighted by Crippen LogP contribution is -2.27. The van der Waals surface area contributed by atoms with Crippen molar-refractivity contribution in [3.05, 3.63) is 17.2 Å². The van der Waals surface area contributed by atoms with Crippen LogP contribution in [0.5, 0.6) is 0 Å². The number of fused-ring (bicyclic) bond motifs is 1. The molecule has 1 saturated heterocycles. The number of nitrogens with one attached hydrogen (secondary N) is 1. The molecule has 3 heterocycles. The number of nitrogens with zero attached hydrogens (tertiary/aromatic N) is 3. The highest BCUT2D eigenvalue weighted by molar-refractivity contribution is 5.21. The smallest absolute Gasteiger partial charge is 0.106 e. The van der Waals surface area contributed by atoms with Crippen LogP contribution in [-0.2, 0) is 13.0 Å². The van der Waals surface area contributed by atoms with E-state index in [1.807, 2.05) is 0 Å². The molecule has 0 aromatic carbocycles. The highest BCUT2D eigenvalue weighted by Gasteiger charge is 2.36. The van der Waals surface area contributed by atoms with Gasteiger partial charge in [-0.2, -0.15) is 0 Å². The van der Waals surface area contributed by atoms with Gasteiger partial charge in [-0.05, 0) is 26.2 Å². The monoisotopic (exact) mass is 246 g/mol. The molecule has 4 heteroatoms. The van der Waals surface area contributed by atoms with E-state index in [4.69, 9.17) is 4.98 Å². The first-order valence-corrected chi connectivity index (χ1v) is 7.34. The lowest BCUT2D eigenvalue weighted by atomic mass is 10.1. The van der Waals surface area contributed by atoms with E-state index in [9.17, 15) is 0 Å². The SMILES string of the molecule is Cc1nc2c(n1C1CCN(C3CC3)C1)CCNC2. The maximum atomic E-state index is 4.76. The molecule has 1 unspecified atom stereocenters. The van der Waals surface area contributed by atoms with Crippen LogP contribution in [0.25, 0.3) is 0 Å². The summed E-state index contributed by atoms with van der Waals surface area (Å²) in [5.41, 5.74) is 2.80. The number of hydrogen-bond acceptors (Lipinski definition) is 3. The Kier molecular flexibility index (Phi) is 2.49. The summed E-state index contributed by atoms with van der Waals surface area (Å²) in [6.45, 7) is 6.79. The van der Waals surface area contributed by atoms with Crippen LogP contribution in [0.3, 0.4) is 0 Å². The van der Waals surface area contributed by atoms with Crippen molar-refractivity contribution in [1.29, 1.82) is 0 Å². The van der Waals surface area contributed by atoms with Crippen molar-refractivity contribution >= 4 is 0 Å². The molecule has 2 aliphatic heterocycles. The molecule has 1 aliphatic carbocycles. The van der Waals surface area contributed by atoms with Gasteiger partial charge in [0, 0.05) is 50.4 Å². The molecule has 0 spiro atoms. The predicted octanol–water partition coefficient (Wildman–Crippen LogP) is 1.25. The van der Waals surface area contributed by atoms with Gasteiger partial charge >= 0.3 is 0 Å². The second-order valence-corrected chi connectivity index (χ2v) is 6.02. The van der Waals surface area contributed by atoms with Crippen molar-refractivity contribution in [3.8, 4) is 0 Å². The standard InChI is InChI=1S/C14H22N4/c1-10-16-13-8-15-6-4-14(13)18(10)12-5-7-17(9-12)11-2-3-11/h11-12,15H,2-9H2,1H3. The minimum Gasteiger partial charge on any atom is -0.327 e. The molecule has 1 aromatic rings. The van der Waals surface area contributed by atoms with E-state index in [1.54, 1.807) is 0 Å². The topological polar surface area (TPSA) is 33.1 Å². The average Bonchev–Trinajstić information content (AvgIpc) is 3.01. The predicted molar refractivity (Wildman–Crippen MR) is 70.6 cm³/mol. The molecule has 4 nitrogen and oxygen atoms in total. The zero-order valence-electron chi connectivity index (χ0n) is 11.2. The molecule has 18 heavy (non-hydrogen) atoms. The van der Waals surface area contributed by atoms with Crippen LogP contribution in [0.2, 0.25) is 0 Å². The number of aromatic nitrogens is 2. The van der Waals surface area contributed by atoms with Gasteiger partial charge in [-0.15, -0.1) is 0 Å². The van der Waals surface area contributed by atoms with Crippen molar-refractivity contribution in [2.75, 3.05) is 19.6 Å². The maximum absolute atomic E-state index is 4.76. The van der Waals surface area contributed by atoms with Crippen LogP contribution in [0.15, 0.2) is 0 Å². The van der Waals surface area contributed by atoms with Crippen molar-refractivity contribution in [3.63, 3.8) is 0 Å². The first-order valence-electron chi connectivity index (χ1n) is 7.34. The first-order chi connectivity index (χ1) is 8.83. The first kappa shape index (κ1) is 11.0. The summed E-state index contributed by atoms with van der Waals surface area (Å²) in [7, 11) is 0. The van der Waals surface area contributed by atoms with Crippen molar-refractivity contribution in [2.24, 2.45) is 0 Å². The molecule has 3 aliphatic rings. The molecule has 1 N–H and O–H groups in total. The maximum Gasteiger partial charge on any atom is 0.106 e. The van der Waals surface area contributed by atoms with E-state index in [0.717, 1.165) is 25.6 Å². The summed E-state index contributed by atoms with van der Waals surface area (Å²) in [4.78, 5) is 7.46. The summed E-state index contributed by atoms with van der Waals surface area (Å²) in [6.07, 6.45) is 5.32. The zero-order chi connectivity index (χ0) is 12.1. The molecule has 0 bridgehead atoms. The molecule has 4 rings (SSSR count). The lowest BCUT2D eigenvalue weighted by molar-refractivity contribution is 0.311. The summed E-state index contributed by atoms with van der Waals surface area (Å²) in [6, 6.07) is 1.59. The Morgan fingerprint density at radius 2 is 2.11 bits per heavy atom. The number of aryl methyl sites for hydroxylation is 1. The summed E-state index contributed by atoms with van der Waals surface area (Å²) < 4.78 is 2.55. The molecule has 1 atom stereocenters. The molecular formula is C14H22N4. The fraction of sp³-hybridized carbons (Fsp3) is 0.786. The summed E-state index contributed by atoms with van der Waals surface area (Å²) in [5, 5.41) is 3.42. The second-order valence-electron chi connectivity index (χ2n) is 6.02.